The molecular formula is C15H14Cl2N2O2. The fourth-order valence-corrected chi connectivity index (χ4v) is 2.28. The molecule has 0 aliphatic rings. The van der Waals surface area contributed by atoms with Gasteiger partial charge in [-0.05, 0) is 23.3 Å². The molecule has 1 heterocycles. The summed E-state index contributed by atoms with van der Waals surface area (Å²) in [6.07, 6.45) is 3.55. The molecule has 0 aliphatic carbocycles. The number of methoxy groups -OCH3 is 1. The van der Waals surface area contributed by atoms with E-state index in [1.807, 2.05) is 12.1 Å². The Morgan fingerprint density at radius 2 is 2.14 bits per heavy atom. The molecule has 0 unspecified atom stereocenters. The van der Waals surface area contributed by atoms with Crippen molar-refractivity contribution in [2.75, 3.05) is 7.11 Å². The SMILES string of the molecule is COc1cc(Cl)c(CC(=O)NCc2cccnc2)cc1Cl. The molecule has 0 saturated heterocycles. The fraction of sp³-hybridized carbons (Fsp3) is 0.200. The van der Waals surface area contributed by atoms with Crippen molar-refractivity contribution in [1.29, 1.82) is 0 Å². The summed E-state index contributed by atoms with van der Waals surface area (Å²) in [6.45, 7) is 0.425. The molecule has 1 aromatic heterocycles. The predicted octanol–water partition coefficient (Wildman–Crippen LogP) is 3.26. The van der Waals surface area contributed by atoms with Crippen LogP contribution in [0, 0.1) is 0 Å². The Balaban J connectivity index is 1.98. The molecule has 2 aromatic rings. The zero-order valence-corrected chi connectivity index (χ0v) is 12.9. The van der Waals surface area contributed by atoms with Gasteiger partial charge in [0, 0.05) is 30.0 Å². The number of nitrogens with zero attached hydrogens (tertiary/aromatic N) is 1. The van der Waals surface area contributed by atoms with Crippen molar-refractivity contribution in [2.45, 2.75) is 13.0 Å². The van der Waals surface area contributed by atoms with Crippen LogP contribution in [0.1, 0.15) is 11.1 Å². The molecule has 0 bridgehead atoms. The monoisotopic (exact) mass is 324 g/mol. The normalized spacial score (nSPS) is 10.2. The lowest BCUT2D eigenvalue weighted by Crippen LogP contribution is -2.24. The van der Waals surface area contributed by atoms with E-state index in [1.165, 1.54) is 7.11 Å². The highest BCUT2D eigenvalue weighted by Crippen LogP contribution is 2.31. The molecule has 1 amide bonds. The van der Waals surface area contributed by atoms with E-state index in [2.05, 4.69) is 10.3 Å². The van der Waals surface area contributed by atoms with Gasteiger partial charge < -0.3 is 10.1 Å². The van der Waals surface area contributed by atoms with Gasteiger partial charge in [0.25, 0.3) is 0 Å². The van der Waals surface area contributed by atoms with Crippen LogP contribution in [0.4, 0.5) is 0 Å². The molecule has 1 N–H and O–H groups in total. The van der Waals surface area contributed by atoms with Crippen molar-refractivity contribution in [3.63, 3.8) is 0 Å². The Hall–Kier alpha value is -1.78. The van der Waals surface area contributed by atoms with E-state index in [0.717, 1.165) is 5.56 Å². The topological polar surface area (TPSA) is 51.2 Å². The van der Waals surface area contributed by atoms with Crippen LogP contribution in [-0.2, 0) is 17.8 Å². The first-order valence-electron chi connectivity index (χ1n) is 6.27. The summed E-state index contributed by atoms with van der Waals surface area (Å²) in [7, 11) is 1.51. The van der Waals surface area contributed by atoms with Crippen molar-refractivity contribution in [1.82, 2.24) is 10.3 Å². The fourth-order valence-electron chi connectivity index (χ4n) is 1.80. The average Bonchev–Trinajstić information content (AvgIpc) is 2.49. The van der Waals surface area contributed by atoms with Crippen LogP contribution in [-0.4, -0.2) is 18.0 Å². The number of carbonyl (C=O) groups is 1. The van der Waals surface area contributed by atoms with Crippen molar-refractivity contribution < 1.29 is 9.53 Å². The molecule has 0 saturated carbocycles. The number of nitrogens with one attached hydrogen (secondary N) is 1. The maximum Gasteiger partial charge on any atom is 0.224 e. The molecule has 110 valence electrons. The molecule has 6 heteroatoms. The number of amides is 1. The number of hydrogen-bond acceptors (Lipinski definition) is 3. The number of ether oxygens (including phenoxy) is 1. The number of rotatable bonds is 5. The molecule has 21 heavy (non-hydrogen) atoms. The molecule has 0 spiro atoms. The summed E-state index contributed by atoms with van der Waals surface area (Å²) in [5.41, 5.74) is 1.59. The second kappa shape index (κ2) is 7.29. The first-order valence-corrected chi connectivity index (χ1v) is 7.03. The van der Waals surface area contributed by atoms with Gasteiger partial charge in [-0.2, -0.15) is 0 Å². The molecule has 2 rings (SSSR count). The Kier molecular flexibility index (Phi) is 5.42. The van der Waals surface area contributed by atoms with E-state index < -0.39 is 0 Å². The number of hydrogen-bond donors (Lipinski definition) is 1. The summed E-state index contributed by atoms with van der Waals surface area (Å²) in [6, 6.07) is 6.96. The summed E-state index contributed by atoms with van der Waals surface area (Å²) in [5, 5.41) is 3.69. The van der Waals surface area contributed by atoms with Crippen LogP contribution in [0.2, 0.25) is 10.0 Å². The largest absolute Gasteiger partial charge is 0.495 e. The number of pyridine rings is 1. The number of benzene rings is 1. The zero-order chi connectivity index (χ0) is 15.2. The first-order chi connectivity index (χ1) is 10.1. The highest BCUT2D eigenvalue weighted by molar-refractivity contribution is 6.34. The quantitative estimate of drug-likeness (QED) is 0.918. The van der Waals surface area contributed by atoms with Crippen LogP contribution in [0.25, 0.3) is 0 Å². The maximum absolute atomic E-state index is 11.9. The Morgan fingerprint density at radius 1 is 1.33 bits per heavy atom. The van der Waals surface area contributed by atoms with Gasteiger partial charge in [-0.1, -0.05) is 29.3 Å². The van der Waals surface area contributed by atoms with Crippen molar-refractivity contribution in [3.05, 3.63) is 57.8 Å². The Labute approximate surface area is 133 Å². The second-order valence-electron chi connectivity index (χ2n) is 4.39. The Morgan fingerprint density at radius 3 is 2.81 bits per heavy atom. The number of aromatic nitrogens is 1. The van der Waals surface area contributed by atoms with E-state index in [1.54, 1.807) is 24.5 Å². The van der Waals surface area contributed by atoms with Gasteiger partial charge in [0.2, 0.25) is 5.91 Å². The van der Waals surface area contributed by atoms with Crippen LogP contribution in [0.15, 0.2) is 36.7 Å². The molecular weight excluding hydrogens is 311 g/mol. The van der Waals surface area contributed by atoms with Gasteiger partial charge in [0.15, 0.2) is 0 Å². The van der Waals surface area contributed by atoms with Crippen LogP contribution in [0.3, 0.4) is 0 Å². The van der Waals surface area contributed by atoms with Gasteiger partial charge in [-0.15, -0.1) is 0 Å². The summed E-state index contributed by atoms with van der Waals surface area (Å²) < 4.78 is 5.07. The molecule has 0 aliphatic heterocycles. The zero-order valence-electron chi connectivity index (χ0n) is 11.4. The van der Waals surface area contributed by atoms with Gasteiger partial charge in [-0.3, -0.25) is 9.78 Å². The second-order valence-corrected chi connectivity index (χ2v) is 5.21. The molecule has 1 aromatic carbocycles. The van der Waals surface area contributed by atoms with E-state index in [9.17, 15) is 4.79 Å². The lowest BCUT2D eigenvalue weighted by Gasteiger charge is -2.09. The minimum absolute atomic E-state index is 0.137. The van der Waals surface area contributed by atoms with E-state index in [-0.39, 0.29) is 12.3 Å². The highest BCUT2D eigenvalue weighted by Gasteiger charge is 2.11. The van der Waals surface area contributed by atoms with Crippen LogP contribution < -0.4 is 10.1 Å². The minimum Gasteiger partial charge on any atom is -0.495 e. The number of carbonyl (C=O) groups excluding carboxylic acids is 1. The van der Waals surface area contributed by atoms with E-state index in [0.29, 0.717) is 27.9 Å². The van der Waals surface area contributed by atoms with Crippen molar-refractivity contribution in [2.24, 2.45) is 0 Å². The minimum atomic E-state index is -0.137. The smallest absolute Gasteiger partial charge is 0.224 e. The summed E-state index contributed by atoms with van der Waals surface area (Å²) in [4.78, 5) is 15.9. The maximum atomic E-state index is 11.9. The van der Waals surface area contributed by atoms with Crippen molar-refractivity contribution in [3.8, 4) is 5.75 Å². The Bertz CT molecular complexity index is 633. The lowest BCUT2D eigenvalue weighted by molar-refractivity contribution is -0.120. The van der Waals surface area contributed by atoms with Gasteiger partial charge >= 0.3 is 0 Å². The predicted molar refractivity (Wildman–Crippen MR) is 82.8 cm³/mol. The highest BCUT2D eigenvalue weighted by atomic mass is 35.5. The third-order valence-electron chi connectivity index (χ3n) is 2.88. The molecule has 0 radical (unpaired) electrons. The van der Waals surface area contributed by atoms with E-state index in [4.69, 9.17) is 27.9 Å². The first kappa shape index (κ1) is 15.6. The molecule has 4 nitrogen and oxygen atoms in total. The molecule has 0 atom stereocenters. The summed E-state index contributed by atoms with van der Waals surface area (Å²) >= 11 is 12.1. The molecule has 0 fully saturated rings. The van der Waals surface area contributed by atoms with Gasteiger partial charge in [-0.25, -0.2) is 0 Å². The van der Waals surface area contributed by atoms with E-state index >= 15 is 0 Å². The van der Waals surface area contributed by atoms with Gasteiger partial charge in [0.05, 0.1) is 18.6 Å². The summed E-state index contributed by atoms with van der Waals surface area (Å²) in [5.74, 6) is 0.350. The van der Waals surface area contributed by atoms with Crippen molar-refractivity contribution >= 4 is 29.1 Å². The standard InChI is InChI=1S/C15H14Cl2N2O2/c1-21-14-7-12(16)11(5-13(14)17)6-15(20)19-9-10-3-2-4-18-8-10/h2-5,7-8H,6,9H2,1H3,(H,19,20). The third-order valence-corrected chi connectivity index (χ3v) is 3.53. The third kappa shape index (κ3) is 4.34. The van der Waals surface area contributed by atoms with Gasteiger partial charge in [0.1, 0.15) is 5.75 Å². The number of halogens is 2. The lowest BCUT2D eigenvalue weighted by atomic mass is 10.1. The van der Waals surface area contributed by atoms with Crippen LogP contribution in [0.5, 0.6) is 5.75 Å². The van der Waals surface area contributed by atoms with Crippen LogP contribution >= 0.6 is 23.2 Å². The average molecular weight is 325 g/mol.